The summed E-state index contributed by atoms with van der Waals surface area (Å²) in [6.45, 7) is 2.99. The van der Waals surface area contributed by atoms with E-state index < -0.39 is 23.9 Å². The molecule has 1 aromatic rings. The zero-order valence-electron chi connectivity index (χ0n) is 13.5. The maximum Gasteiger partial charge on any atom is 0.339 e. The van der Waals surface area contributed by atoms with Gasteiger partial charge in [-0.25, -0.2) is 4.79 Å². The molecule has 0 spiro atoms. The first-order valence-corrected chi connectivity index (χ1v) is 7.87. The first kappa shape index (κ1) is 17.9. The second-order valence-corrected chi connectivity index (χ2v) is 5.69. The first-order chi connectivity index (χ1) is 11.5. The summed E-state index contributed by atoms with van der Waals surface area (Å²) in [5.74, 6) is -2.27. The maximum absolute atomic E-state index is 12.3. The Hall–Kier alpha value is -2.45. The number of nitrogens with two attached hydrogens (primary N) is 1. The highest BCUT2D eigenvalue weighted by Crippen LogP contribution is 2.16. The van der Waals surface area contributed by atoms with Crippen LogP contribution in [0.25, 0.3) is 0 Å². The summed E-state index contributed by atoms with van der Waals surface area (Å²) in [6.07, 6.45) is -0.201. The number of methoxy groups -OCH3 is 1. The van der Waals surface area contributed by atoms with Crippen molar-refractivity contribution >= 4 is 23.5 Å². The molecule has 0 aliphatic carbocycles. The van der Waals surface area contributed by atoms with E-state index in [0.717, 1.165) is 18.0 Å². The van der Waals surface area contributed by atoms with Crippen LogP contribution < -0.4 is 20.6 Å². The third-order valence-corrected chi connectivity index (χ3v) is 4.11. The lowest BCUT2D eigenvalue weighted by Gasteiger charge is -2.30. The highest BCUT2D eigenvalue weighted by Gasteiger charge is 2.29. The van der Waals surface area contributed by atoms with E-state index in [9.17, 15) is 19.5 Å². The number of benzene rings is 1. The molecule has 0 radical (unpaired) electrons. The van der Waals surface area contributed by atoms with Crippen LogP contribution in [0.1, 0.15) is 16.8 Å². The number of ether oxygens (including phenoxy) is 1. The molecule has 1 aromatic carbocycles. The van der Waals surface area contributed by atoms with Gasteiger partial charge in [-0.3, -0.25) is 4.79 Å². The quantitative estimate of drug-likeness (QED) is 0.464. The van der Waals surface area contributed by atoms with E-state index in [1.54, 1.807) is 18.2 Å². The minimum Gasteiger partial charge on any atom is -0.544 e. The lowest BCUT2D eigenvalue weighted by Crippen LogP contribution is -3.24. The number of carbonyl (C=O) groups is 3. The summed E-state index contributed by atoms with van der Waals surface area (Å²) in [5, 5.41) is 16.1. The molecule has 1 saturated heterocycles. The lowest BCUT2D eigenvalue weighted by atomic mass is 10.1. The average molecular weight is 336 g/mol. The van der Waals surface area contributed by atoms with Crippen molar-refractivity contribution in [1.82, 2.24) is 0 Å². The standard InChI is InChI=1S/C16H21N3O5/c1-24-16(23)11-4-2-3-5-12(11)18-14(20)10-13(15(21)22)19-8-6-17-7-9-19/h2-5,13,17H,6-10H2,1H3,(H,18,20)(H,21,22)/p+1/t13-/m1/s1. The van der Waals surface area contributed by atoms with Crippen LogP contribution in [-0.4, -0.2) is 57.2 Å². The summed E-state index contributed by atoms with van der Waals surface area (Å²) >= 11 is 0. The topological polar surface area (TPSA) is 117 Å². The third kappa shape index (κ3) is 4.53. The summed E-state index contributed by atoms with van der Waals surface area (Å²) in [7, 11) is 1.25. The summed E-state index contributed by atoms with van der Waals surface area (Å²) in [4.78, 5) is 36.2. The smallest absolute Gasteiger partial charge is 0.339 e. The third-order valence-electron chi connectivity index (χ3n) is 4.11. The van der Waals surface area contributed by atoms with Crippen LogP contribution >= 0.6 is 0 Å². The Morgan fingerprint density at radius 2 is 1.96 bits per heavy atom. The van der Waals surface area contributed by atoms with Crippen molar-refractivity contribution in [3.63, 3.8) is 0 Å². The highest BCUT2D eigenvalue weighted by molar-refractivity contribution is 6.01. The second-order valence-electron chi connectivity index (χ2n) is 5.69. The van der Waals surface area contributed by atoms with E-state index in [0.29, 0.717) is 18.8 Å². The van der Waals surface area contributed by atoms with Crippen molar-refractivity contribution in [1.29, 1.82) is 0 Å². The number of para-hydroxylation sites is 1. The Morgan fingerprint density at radius 3 is 2.58 bits per heavy atom. The number of aliphatic carboxylic acids is 1. The number of anilines is 1. The highest BCUT2D eigenvalue weighted by atomic mass is 16.5. The van der Waals surface area contributed by atoms with Gasteiger partial charge in [0.1, 0.15) is 32.2 Å². The molecule has 1 aliphatic heterocycles. The van der Waals surface area contributed by atoms with Crippen molar-refractivity contribution in [2.75, 3.05) is 38.6 Å². The Kier molecular flexibility index (Phi) is 6.28. The Balaban J connectivity index is 2.06. The molecule has 1 fully saturated rings. The molecule has 24 heavy (non-hydrogen) atoms. The van der Waals surface area contributed by atoms with Crippen LogP contribution in [-0.2, 0) is 14.3 Å². The Morgan fingerprint density at radius 1 is 1.29 bits per heavy atom. The van der Waals surface area contributed by atoms with E-state index in [-0.39, 0.29) is 12.0 Å². The van der Waals surface area contributed by atoms with Crippen molar-refractivity contribution in [2.24, 2.45) is 0 Å². The average Bonchev–Trinajstić information content (AvgIpc) is 2.60. The molecule has 0 aromatic heterocycles. The fraction of sp³-hybridized carbons (Fsp3) is 0.438. The van der Waals surface area contributed by atoms with Crippen molar-refractivity contribution < 1.29 is 34.4 Å². The van der Waals surface area contributed by atoms with E-state index >= 15 is 0 Å². The van der Waals surface area contributed by atoms with Gasteiger partial charge in [-0.05, 0) is 12.1 Å². The zero-order chi connectivity index (χ0) is 17.5. The number of carbonyl (C=O) groups excluding carboxylic acids is 3. The number of piperazine rings is 1. The second kappa shape index (κ2) is 8.42. The first-order valence-electron chi connectivity index (χ1n) is 7.87. The Labute approximate surface area is 139 Å². The molecule has 8 nitrogen and oxygen atoms in total. The molecule has 0 unspecified atom stereocenters. The SMILES string of the molecule is COC(=O)c1ccccc1NC(=O)C[C@H](C(=O)[O-])[NH+]1CC[NH2+]CC1. The van der Waals surface area contributed by atoms with Gasteiger partial charge in [0.15, 0.2) is 0 Å². The van der Waals surface area contributed by atoms with Crippen LogP contribution in [0.3, 0.4) is 0 Å². The number of quaternary nitrogens is 2. The van der Waals surface area contributed by atoms with Gasteiger partial charge < -0.3 is 30.2 Å². The predicted molar refractivity (Wildman–Crippen MR) is 82.2 cm³/mol. The van der Waals surface area contributed by atoms with Gasteiger partial charge in [-0.15, -0.1) is 0 Å². The van der Waals surface area contributed by atoms with Gasteiger partial charge in [-0.1, -0.05) is 12.1 Å². The number of amides is 1. The molecule has 2 rings (SSSR count). The monoisotopic (exact) mass is 336 g/mol. The molecule has 0 saturated carbocycles. The molecule has 1 atom stereocenters. The minimum absolute atomic E-state index is 0.201. The number of carboxylic acids is 1. The molecule has 1 heterocycles. The Bertz CT molecular complexity index is 613. The molecule has 1 aliphatic rings. The van der Waals surface area contributed by atoms with E-state index in [1.807, 2.05) is 0 Å². The van der Waals surface area contributed by atoms with Gasteiger partial charge in [-0.2, -0.15) is 0 Å². The van der Waals surface area contributed by atoms with Gasteiger partial charge in [0.2, 0.25) is 5.91 Å². The fourth-order valence-corrected chi connectivity index (χ4v) is 2.85. The molecular formula is C16H22N3O5+. The predicted octanol–water partition coefficient (Wildman–Crippen LogP) is -3.62. The minimum atomic E-state index is -1.23. The zero-order valence-corrected chi connectivity index (χ0v) is 13.5. The number of hydrogen-bond donors (Lipinski definition) is 3. The van der Waals surface area contributed by atoms with Crippen molar-refractivity contribution in [2.45, 2.75) is 12.5 Å². The summed E-state index contributed by atoms with van der Waals surface area (Å²) in [5.41, 5.74) is 0.520. The van der Waals surface area contributed by atoms with E-state index in [4.69, 9.17) is 0 Å². The van der Waals surface area contributed by atoms with E-state index in [2.05, 4.69) is 15.4 Å². The van der Waals surface area contributed by atoms with E-state index in [1.165, 1.54) is 13.2 Å². The van der Waals surface area contributed by atoms with Gasteiger partial charge in [0.05, 0.1) is 30.8 Å². The largest absolute Gasteiger partial charge is 0.544 e. The van der Waals surface area contributed by atoms with Gasteiger partial charge in [0, 0.05) is 0 Å². The summed E-state index contributed by atoms with van der Waals surface area (Å²) < 4.78 is 4.67. The number of esters is 1. The molecule has 4 N–H and O–H groups in total. The number of carboxylic acid groups (broad SMARTS) is 1. The molecule has 130 valence electrons. The van der Waals surface area contributed by atoms with Gasteiger partial charge >= 0.3 is 5.97 Å². The maximum atomic E-state index is 12.3. The van der Waals surface area contributed by atoms with Crippen molar-refractivity contribution in [3.05, 3.63) is 29.8 Å². The molecule has 0 bridgehead atoms. The fourth-order valence-electron chi connectivity index (χ4n) is 2.85. The van der Waals surface area contributed by atoms with Crippen LogP contribution in [0.4, 0.5) is 5.69 Å². The molecule has 8 heteroatoms. The lowest BCUT2D eigenvalue weighted by molar-refractivity contribution is -0.961. The van der Waals surface area contributed by atoms with Crippen LogP contribution in [0.15, 0.2) is 24.3 Å². The molecule has 1 amide bonds. The normalized spacial score (nSPS) is 16.2. The number of nitrogens with one attached hydrogen (secondary N) is 2. The van der Waals surface area contributed by atoms with Crippen LogP contribution in [0.2, 0.25) is 0 Å². The molecular weight excluding hydrogens is 314 g/mol. The van der Waals surface area contributed by atoms with Crippen LogP contribution in [0.5, 0.6) is 0 Å². The van der Waals surface area contributed by atoms with Gasteiger partial charge in [0.25, 0.3) is 0 Å². The van der Waals surface area contributed by atoms with Crippen molar-refractivity contribution in [3.8, 4) is 0 Å². The summed E-state index contributed by atoms with van der Waals surface area (Å²) in [6, 6.07) is 5.53. The van der Waals surface area contributed by atoms with Crippen LogP contribution in [0, 0.1) is 0 Å². The number of rotatable bonds is 6. The number of hydrogen-bond acceptors (Lipinski definition) is 5.